The Hall–Kier alpha value is -2.14. The molecule has 2 heterocycles. The van der Waals surface area contributed by atoms with Crippen molar-refractivity contribution >= 4 is 5.82 Å². The maximum atomic E-state index is 10.1. The summed E-state index contributed by atoms with van der Waals surface area (Å²) >= 11 is 0. The first-order chi connectivity index (χ1) is 9.19. The minimum atomic E-state index is -0.512. The molecule has 0 saturated heterocycles. The molecule has 0 saturated carbocycles. The molecule has 0 aliphatic carbocycles. The predicted molar refractivity (Wildman–Crippen MR) is 72.9 cm³/mol. The molecule has 0 aromatic carbocycles. The fourth-order valence-corrected chi connectivity index (χ4v) is 1.87. The molecule has 3 N–H and O–H groups in total. The summed E-state index contributed by atoms with van der Waals surface area (Å²) in [5, 5.41) is 10.1. The molecule has 1 unspecified atom stereocenters. The maximum absolute atomic E-state index is 10.1. The number of aromatic nitrogens is 2. The summed E-state index contributed by atoms with van der Waals surface area (Å²) in [5.41, 5.74) is 7.56. The second-order valence-corrected chi connectivity index (χ2v) is 4.32. The van der Waals surface area contributed by atoms with Gasteiger partial charge in [0.1, 0.15) is 5.82 Å². The van der Waals surface area contributed by atoms with E-state index in [1.807, 2.05) is 18.2 Å². The fraction of sp³-hybridized carbons (Fsp3) is 0.286. The number of hydrogen-bond acceptors (Lipinski definition) is 5. The SMILES string of the molecule is COc1ccc(CC(O)Cc2cccnc2N)cn1. The zero-order valence-corrected chi connectivity index (χ0v) is 10.8. The minimum Gasteiger partial charge on any atom is -0.481 e. The van der Waals surface area contributed by atoms with Gasteiger partial charge in [0.2, 0.25) is 5.88 Å². The lowest BCUT2D eigenvalue weighted by Crippen LogP contribution is -2.15. The van der Waals surface area contributed by atoms with E-state index in [0.717, 1.165) is 11.1 Å². The number of aliphatic hydroxyl groups excluding tert-OH is 1. The van der Waals surface area contributed by atoms with Gasteiger partial charge in [-0.05, 0) is 17.2 Å². The number of rotatable bonds is 5. The molecule has 0 bridgehead atoms. The molecule has 19 heavy (non-hydrogen) atoms. The van der Waals surface area contributed by atoms with Gasteiger partial charge in [-0.2, -0.15) is 0 Å². The van der Waals surface area contributed by atoms with E-state index in [1.165, 1.54) is 0 Å². The zero-order chi connectivity index (χ0) is 13.7. The molecule has 100 valence electrons. The van der Waals surface area contributed by atoms with Gasteiger partial charge in [0.25, 0.3) is 0 Å². The summed E-state index contributed by atoms with van der Waals surface area (Å²) in [5.74, 6) is 1.03. The summed E-state index contributed by atoms with van der Waals surface area (Å²) in [6, 6.07) is 7.35. The van der Waals surface area contributed by atoms with Crippen LogP contribution in [0.15, 0.2) is 36.7 Å². The summed E-state index contributed by atoms with van der Waals surface area (Å²) in [4.78, 5) is 8.10. The molecule has 5 nitrogen and oxygen atoms in total. The number of hydrogen-bond donors (Lipinski definition) is 2. The van der Waals surface area contributed by atoms with E-state index in [-0.39, 0.29) is 0 Å². The summed E-state index contributed by atoms with van der Waals surface area (Å²) in [6.07, 6.45) is 3.83. The van der Waals surface area contributed by atoms with Crippen LogP contribution in [0.4, 0.5) is 5.82 Å². The van der Waals surface area contributed by atoms with Gasteiger partial charge in [-0.25, -0.2) is 9.97 Å². The molecule has 0 spiro atoms. The average Bonchev–Trinajstić information content (AvgIpc) is 2.42. The first-order valence-electron chi connectivity index (χ1n) is 6.05. The van der Waals surface area contributed by atoms with Crippen LogP contribution in [-0.2, 0) is 12.8 Å². The van der Waals surface area contributed by atoms with Crippen molar-refractivity contribution in [3.63, 3.8) is 0 Å². The van der Waals surface area contributed by atoms with Crippen molar-refractivity contribution in [3.05, 3.63) is 47.8 Å². The Morgan fingerprint density at radius 2 is 2.11 bits per heavy atom. The van der Waals surface area contributed by atoms with E-state index >= 15 is 0 Å². The van der Waals surface area contributed by atoms with Gasteiger partial charge in [-0.3, -0.25) is 0 Å². The average molecular weight is 259 g/mol. The Bertz CT molecular complexity index is 528. The summed E-state index contributed by atoms with van der Waals surface area (Å²) in [7, 11) is 1.57. The third kappa shape index (κ3) is 3.66. The number of methoxy groups -OCH3 is 1. The van der Waals surface area contributed by atoms with Crippen LogP contribution < -0.4 is 10.5 Å². The highest BCUT2D eigenvalue weighted by atomic mass is 16.5. The van der Waals surface area contributed by atoms with Crippen LogP contribution in [0, 0.1) is 0 Å². The highest BCUT2D eigenvalue weighted by molar-refractivity contribution is 5.38. The van der Waals surface area contributed by atoms with Gasteiger partial charge in [0, 0.05) is 31.3 Å². The number of nitrogens with two attached hydrogens (primary N) is 1. The van der Waals surface area contributed by atoms with Gasteiger partial charge >= 0.3 is 0 Å². The largest absolute Gasteiger partial charge is 0.481 e. The lowest BCUT2D eigenvalue weighted by Gasteiger charge is -2.11. The second-order valence-electron chi connectivity index (χ2n) is 4.32. The van der Waals surface area contributed by atoms with Crippen LogP contribution in [0.1, 0.15) is 11.1 Å². The molecule has 1 atom stereocenters. The van der Waals surface area contributed by atoms with Crippen LogP contribution in [0.5, 0.6) is 5.88 Å². The highest BCUT2D eigenvalue weighted by Crippen LogP contribution is 2.14. The van der Waals surface area contributed by atoms with E-state index in [2.05, 4.69) is 9.97 Å². The fourth-order valence-electron chi connectivity index (χ4n) is 1.87. The van der Waals surface area contributed by atoms with Crippen LogP contribution in [-0.4, -0.2) is 28.3 Å². The van der Waals surface area contributed by atoms with Crippen LogP contribution in [0.3, 0.4) is 0 Å². The molecule has 0 fully saturated rings. The maximum Gasteiger partial charge on any atom is 0.212 e. The van der Waals surface area contributed by atoms with Crippen molar-refractivity contribution < 1.29 is 9.84 Å². The monoisotopic (exact) mass is 259 g/mol. The van der Waals surface area contributed by atoms with Gasteiger partial charge in [-0.1, -0.05) is 12.1 Å². The topological polar surface area (TPSA) is 81.3 Å². The van der Waals surface area contributed by atoms with Gasteiger partial charge < -0.3 is 15.6 Å². The molecule has 2 rings (SSSR count). The van der Waals surface area contributed by atoms with Crippen LogP contribution in [0.25, 0.3) is 0 Å². The summed E-state index contributed by atoms with van der Waals surface area (Å²) < 4.78 is 4.99. The van der Waals surface area contributed by atoms with Crippen molar-refractivity contribution in [2.45, 2.75) is 18.9 Å². The molecule has 0 aliphatic heterocycles. The Morgan fingerprint density at radius 3 is 2.74 bits per heavy atom. The van der Waals surface area contributed by atoms with E-state index in [0.29, 0.717) is 24.5 Å². The molecule has 2 aromatic rings. The quantitative estimate of drug-likeness (QED) is 0.843. The minimum absolute atomic E-state index is 0.467. The van der Waals surface area contributed by atoms with Crippen molar-refractivity contribution in [1.82, 2.24) is 9.97 Å². The van der Waals surface area contributed by atoms with E-state index in [1.54, 1.807) is 25.6 Å². The van der Waals surface area contributed by atoms with Gasteiger partial charge in [-0.15, -0.1) is 0 Å². The standard InChI is InChI=1S/C14H17N3O2/c1-19-13-5-4-10(9-17-13)7-12(18)8-11-3-2-6-16-14(11)15/h2-6,9,12,18H,7-8H2,1H3,(H2,15,16). The number of nitrogen functional groups attached to an aromatic ring is 1. The second kappa shape index (κ2) is 6.15. The Morgan fingerprint density at radius 1 is 1.26 bits per heavy atom. The van der Waals surface area contributed by atoms with Gasteiger partial charge in [0.05, 0.1) is 13.2 Å². The number of nitrogens with zero attached hydrogens (tertiary/aromatic N) is 2. The third-order valence-corrected chi connectivity index (χ3v) is 2.86. The number of ether oxygens (including phenoxy) is 1. The van der Waals surface area contributed by atoms with Crippen molar-refractivity contribution in [1.29, 1.82) is 0 Å². The first-order valence-corrected chi connectivity index (χ1v) is 6.05. The number of anilines is 1. The zero-order valence-electron chi connectivity index (χ0n) is 10.8. The number of aliphatic hydroxyl groups is 1. The Labute approximate surface area is 112 Å². The third-order valence-electron chi connectivity index (χ3n) is 2.86. The van der Waals surface area contributed by atoms with Crippen molar-refractivity contribution in [3.8, 4) is 5.88 Å². The molecule has 5 heteroatoms. The number of pyridine rings is 2. The molecular formula is C14H17N3O2. The van der Waals surface area contributed by atoms with E-state index < -0.39 is 6.10 Å². The molecule has 0 radical (unpaired) electrons. The van der Waals surface area contributed by atoms with Crippen LogP contribution in [0.2, 0.25) is 0 Å². The highest BCUT2D eigenvalue weighted by Gasteiger charge is 2.10. The molecular weight excluding hydrogens is 242 g/mol. The summed E-state index contributed by atoms with van der Waals surface area (Å²) in [6.45, 7) is 0. The lowest BCUT2D eigenvalue weighted by molar-refractivity contribution is 0.175. The molecule has 0 aliphatic rings. The van der Waals surface area contributed by atoms with E-state index in [4.69, 9.17) is 10.5 Å². The molecule has 0 amide bonds. The van der Waals surface area contributed by atoms with E-state index in [9.17, 15) is 5.11 Å². The van der Waals surface area contributed by atoms with Crippen molar-refractivity contribution in [2.75, 3.05) is 12.8 Å². The Kier molecular flexibility index (Phi) is 4.30. The first kappa shape index (κ1) is 13.3. The smallest absolute Gasteiger partial charge is 0.212 e. The van der Waals surface area contributed by atoms with Gasteiger partial charge in [0.15, 0.2) is 0 Å². The van der Waals surface area contributed by atoms with Crippen LogP contribution >= 0.6 is 0 Å². The molecule has 2 aromatic heterocycles. The Balaban J connectivity index is 1.97. The normalized spacial score (nSPS) is 12.1. The lowest BCUT2D eigenvalue weighted by atomic mass is 10.0. The predicted octanol–water partition coefficient (Wildman–Crippen LogP) is 1.21. The van der Waals surface area contributed by atoms with Crippen molar-refractivity contribution in [2.24, 2.45) is 0 Å².